The van der Waals surface area contributed by atoms with Crippen molar-refractivity contribution in [2.75, 3.05) is 18.0 Å². The molecule has 1 fully saturated rings. The van der Waals surface area contributed by atoms with Crippen molar-refractivity contribution >= 4 is 45.3 Å². The molecular formula is C25H25IN6O. The number of amides is 1. The zero-order valence-electron chi connectivity index (χ0n) is 18.4. The summed E-state index contributed by atoms with van der Waals surface area (Å²) in [5, 5.41) is 8.66. The normalized spacial score (nSPS) is 16.2. The topological polar surface area (TPSA) is 75.9 Å². The van der Waals surface area contributed by atoms with E-state index < -0.39 is 0 Å². The molecule has 1 saturated heterocycles. The maximum Gasteiger partial charge on any atom is 0.225 e. The molecule has 2 aromatic carbocycles. The number of benzene rings is 2. The molecular weight excluding hydrogens is 527 g/mol. The van der Waals surface area contributed by atoms with Gasteiger partial charge in [-0.25, -0.2) is 14.6 Å². The first-order chi connectivity index (χ1) is 16.1. The predicted molar refractivity (Wildman–Crippen MR) is 137 cm³/mol. The van der Waals surface area contributed by atoms with Crippen LogP contribution in [0, 0.1) is 16.4 Å². The van der Waals surface area contributed by atoms with E-state index in [1.165, 1.54) is 9.13 Å². The average Bonchev–Trinajstić information content (AvgIpc) is 3.28. The van der Waals surface area contributed by atoms with Crippen LogP contribution in [0.2, 0.25) is 0 Å². The van der Waals surface area contributed by atoms with E-state index in [0.717, 1.165) is 41.8 Å². The highest BCUT2D eigenvalue weighted by molar-refractivity contribution is 14.1. The van der Waals surface area contributed by atoms with Crippen molar-refractivity contribution in [3.63, 3.8) is 0 Å². The van der Waals surface area contributed by atoms with Crippen LogP contribution >= 0.6 is 22.6 Å². The molecule has 7 nitrogen and oxygen atoms in total. The lowest BCUT2D eigenvalue weighted by Gasteiger charge is -2.33. The van der Waals surface area contributed by atoms with E-state index in [0.29, 0.717) is 18.7 Å². The molecule has 1 aliphatic rings. The maximum atomic E-state index is 12.9. The zero-order chi connectivity index (χ0) is 22.8. The van der Waals surface area contributed by atoms with Crippen LogP contribution in [0.25, 0.3) is 16.7 Å². The third-order valence-electron chi connectivity index (χ3n) is 6.07. The summed E-state index contributed by atoms with van der Waals surface area (Å²) >= 11 is 2.28. The Morgan fingerprint density at radius 3 is 2.70 bits per heavy atom. The number of nitrogens with zero attached hydrogens (tertiary/aromatic N) is 5. The lowest BCUT2D eigenvalue weighted by Crippen LogP contribution is -2.43. The minimum Gasteiger partial charge on any atom is -0.355 e. The van der Waals surface area contributed by atoms with Gasteiger partial charge < -0.3 is 10.2 Å². The van der Waals surface area contributed by atoms with Crippen LogP contribution in [0.5, 0.6) is 0 Å². The molecule has 1 amide bonds. The van der Waals surface area contributed by atoms with Crippen molar-refractivity contribution in [3.05, 3.63) is 75.8 Å². The summed E-state index contributed by atoms with van der Waals surface area (Å²) in [5.41, 5.74) is 3.95. The van der Waals surface area contributed by atoms with Gasteiger partial charge in [0.25, 0.3) is 0 Å². The van der Waals surface area contributed by atoms with Crippen LogP contribution < -0.4 is 10.2 Å². The fourth-order valence-corrected chi connectivity index (χ4v) is 4.59. The molecule has 3 heterocycles. The van der Waals surface area contributed by atoms with Crippen LogP contribution in [0.4, 0.5) is 5.82 Å². The fraction of sp³-hybridized carbons (Fsp3) is 0.280. The van der Waals surface area contributed by atoms with Gasteiger partial charge in [0.05, 0.1) is 17.0 Å². The quantitative estimate of drug-likeness (QED) is 0.375. The van der Waals surface area contributed by atoms with Crippen molar-refractivity contribution in [1.82, 2.24) is 25.1 Å². The van der Waals surface area contributed by atoms with E-state index in [9.17, 15) is 4.79 Å². The monoisotopic (exact) mass is 552 g/mol. The number of aromatic nitrogens is 4. The molecule has 33 heavy (non-hydrogen) atoms. The summed E-state index contributed by atoms with van der Waals surface area (Å²) in [5.74, 6) is 0.868. The second-order valence-corrected chi connectivity index (χ2v) is 9.72. The smallest absolute Gasteiger partial charge is 0.225 e. The molecule has 4 aromatic rings. The van der Waals surface area contributed by atoms with Crippen LogP contribution in [0.1, 0.15) is 24.0 Å². The molecule has 168 valence electrons. The SMILES string of the molecule is Cc1ccc(-n2cc3c(N4CCCC(C(=O)NCc5ccc(I)cc5)C4)ncnc3n2)cc1. The van der Waals surface area contributed by atoms with Crippen molar-refractivity contribution < 1.29 is 4.79 Å². The molecule has 8 heteroatoms. The molecule has 1 N–H and O–H groups in total. The van der Waals surface area contributed by atoms with Gasteiger partial charge in [0.2, 0.25) is 5.91 Å². The Balaban J connectivity index is 1.32. The lowest BCUT2D eigenvalue weighted by molar-refractivity contribution is -0.125. The summed E-state index contributed by atoms with van der Waals surface area (Å²) in [4.78, 5) is 24.1. The third kappa shape index (κ3) is 4.85. The third-order valence-corrected chi connectivity index (χ3v) is 6.79. The van der Waals surface area contributed by atoms with E-state index in [1.807, 2.05) is 23.0 Å². The minimum absolute atomic E-state index is 0.0697. The van der Waals surface area contributed by atoms with Crippen LogP contribution in [-0.2, 0) is 11.3 Å². The zero-order valence-corrected chi connectivity index (χ0v) is 20.6. The molecule has 1 unspecified atom stereocenters. The second-order valence-electron chi connectivity index (χ2n) is 8.47. The number of fused-ring (bicyclic) bond motifs is 1. The first-order valence-corrected chi connectivity index (χ1v) is 12.2. The Hall–Kier alpha value is -3.01. The number of carbonyl (C=O) groups is 1. The number of piperidine rings is 1. The Kier molecular flexibility index (Phi) is 6.26. The number of hydrogen-bond acceptors (Lipinski definition) is 5. The molecule has 0 spiro atoms. The minimum atomic E-state index is -0.0697. The standard InChI is InChI=1S/C25H25IN6O/c1-17-4-10-21(11-5-17)32-15-22-23(30-32)28-16-29-24(22)31-12-2-3-19(14-31)25(33)27-13-18-6-8-20(26)9-7-18/h4-11,15-16,19H,2-3,12-14H2,1H3,(H,27,33). The van der Waals surface area contributed by atoms with Gasteiger partial charge >= 0.3 is 0 Å². The summed E-state index contributed by atoms with van der Waals surface area (Å²) in [6, 6.07) is 16.4. The summed E-state index contributed by atoms with van der Waals surface area (Å²) in [6.07, 6.45) is 5.37. The Bertz CT molecular complexity index is 1270. The highest BCUT2D eigenvalue weighted by Gasteiger charge is 2.28. The van der Waals surface area contributed by atoms with Crippen molar-refractivity contribution in [1.29, 1.82) is 0 Å². The summed E-state index contributed by atoms with van der Waals surface area (Å²) in [7, 11) is 0. The number of aryl methyl sites for hydroxylation is 1. The van der Waals surface area contributed by atoms with E-state index >= 15 is 0 Å². The molecule has 0 saturated carbocycles. The molecule has 0 aliphatic carbocycles. The van der Waals surface area contributed by atoms with Gasteiger partial charge in [-0.05, 0) is 72.2 Å². The van der Waals surface area contributed by atoms with Crippen LogP contribution in [0.15, 0.2) is 61.1 Å². The van der Waals surface area contributed by atoms with Crippen molar-refractivity contribution in [2.45, 2.75) is 26.3 Å². The van der Waals surface area contributed by atoms with Crippen molar-refractivity contribution in [3.8, 4) is 5.69 Å². The Morgan fingerprint density at radius 2 is 1.91 bits per heavy atom. The molecule has 1 aliphatic heterocycles. The Labute approximate surface area is 206 Å². The number of halogens is 1. The van der Waals surface area contributed by atoms with E-state index in [2.05, 4.69) is 91.2 Å². The van der Waals surface area contributed by atoms with Crippen molar-refractivity contribution in [2.24, 2.45) is 5.92 Å². The summed E-state index contributed by atoms with van der Waals surface area (Å²) in [6.45, 7) is 4.12. The highest BCUT2D eigenvalue weighted by Crippen LogP contribution is 2.28. The number of anilines is 1. The number of rotatable bonds is 5. The van der Waals surface area contributed by atoms with Gasteiger partial charge in [0.1, 0.15) is 12.1 Å². The van der Waals surface area contributed by atoms with Crippen LogP contribution in [0.3, 0.4) is 0 Å². The number of hydrogen-bond donors (Lipinski definition) is 1. The van der Waals surface area contributed by atoms with Gasteiger partial charge in [0, 0.05) is 29.4 Å². The largest absolute Gasteiger partial charge is 0.355 e. The van der Waals surface area contributed by atoms with Gasteiger partial charge in [-0.1, -0.05) is 29.8 Å². The molecule has 0 bridgehead atoms. The maximum absolute atomic E-state index is 12.9. The van der Waals surface area contributed by atoms with E-state index in [4.69, 9.17) is 0 Å². The first kappa shape index (κ1) is 21.8. The number of carbonyl (C=O) groups excluding carboxylic acids is 1. The van der Waals surface area contributed by atoms with Gasteiger partial charge in [-0.15, -0.1) is 5.10 Å². The molecule has 5 rings (SSSR count). The average molecular weight is 552 g/mol. The Morgan fingerprint density at radius 1 is 1.12 bits per heavy atom. The molecule has 0 radical (unpaired) electrons. The van der Waals surface area contributed by atoms with Crippen LogP contribution in [-0.4, -0.2) is 38.7 Å². The first-order valence-electron chi connectivity index (χ1n) is 11.1. The fourth-order valence-electron chi connectivity index (χ4n) is 4.23. The molecule has 2 aromatic heterocycles. The van der Waals surface area contributed by atoms with E-state index in [1.54, 1.807) is 6.33 Å². The van der Waals surface area contributed by atoms with Gasteiger partial charge in [-0.3, -0.25) is 4.79 Å². The highest BCUT2D eigenvalue weighted by atomic mass is 127. The van der Waals surface area contributed by atoms with Gasteiger partial charge in [-0.2, -0.15) is 0 Å². The van der Waals surface area contributed by atoms with E-state index in [-0.39, 0.29) is 11.8 Å². The molecule has 1 atom stereocenters. The predicted octanol–water partition coefficient (Wildman–Crippen LogP) is 4.26. The summed E-state index contributed by atoms with van der Waals surface area (Å²) < 4.78 is 3.03. The van der Waals surface area contributed by atoms with Gasteiger partial charge in [0.15, 0.2) is 5.65 Å². The lowest BCUT2D eigenvalue weighted by atomic mass is 9.97. The number of nitrogens with one attached hydrogen (secondary N) is 1. The second kappa shape index (κ2) is 9.46.